The zero-order valence-electron chi connectivity index (χ0n) is 17.4. The molecule has 10 heteroatoms. The topological polar surface area (TPSA) is 100 Å². The van der Waals surface area contributed by atoms with Crippen LogP contribution >= 0.6 is 34.5 Å². The van der Waals surface area contributed by atoms with E-state index in [0.717, 1.165) is 30.8 Å². The van der Waals surface area contributed by atoms with E-state index >= 15 is 0 Å². The van der Waals surface area contributed by atoms with Crippen LogP contribution in [-0.2, 0) is 16.1 Å². The Morgan fingerprint density at radius 1 is 1.16 bits per heavy atom. The highest BCUT2D eigenvalue weighted by molar-refractivity contribution is 7.15. The number of rotatable bonds is 8. The maximum Gasteiger partial charge on any atom is 0.237 e. The average molecular weight is 484 g/mol. The van der Waals surface area contributed by atoms with Crippen molar-refractivity contribution in [2.75, 3.05) is 25.4 Å². The van der Waals surface area contributed by atoms with Crippen LogP contribution in [-0.4, -0.2) is 47.4 Å². The van der Waals surface area contributed by atoms with E-state index in [9.17, 15) is 9.59 Å². The Labute approximate surface area is 196 Å². The second-order valence-electron chi connectivity index (χ2n) is 7.63. The van der Waals surface area contributed by atoms with Gasteiger partial charge in [0.15, 0.2) is 5.13 Å². The lowest BCUT2D eigenvalue weighted by molar-refractivity contribution is -0.126. The molecule has 1 saturated heterocycles. The van der Waals surface area contributed by atoms with Gasteiger partial charge in [-0.3, -0.25) is 14.5 Å². The fourth-order valence-corrected chi connectivity index (χ4v) is 4.55. The van der Waals surface area contributed by atoms with Crippen molar-refractivity contribution < 1.29 is 9.59 Å². The number of carbonyl (C=O) groups excluding carboxylic acids is 2. The van der Waals surface area contributed by atoms with Gasteiger partial charge in [-0.1, -0.05) is 35.7 Å². The molecule has 1 aliphatic heterocycles. The number of hydrogen-bond acceptors (Lipinski definition) is 6. The maximum atomic E-state index is 13.0. The summed E-state index contributed by atoms with van der Waals surface area (Å²) in [5.41, 5.74) is 6.34. The van der Waals surface area contributed by atoms with Crippen molar-refractivity contribution in [3.05, 3.63) is 44.9 Å². The molecule has 1 aromatic heterocycles. The van der Waals surface area contributed by atoms with E-state index in [1.165, 1.54) is 17.8 Å². The van der Waals surface area contributed by atoms with E-state index in [1.54, 1.807) is 24.4 Å². The van der Waals surface area contributed by atoms with E-state index < -0.39 is 5.92 Å². The highest BCUT2D eigenvalue weighted by Crippen LogP contribution is 2.27. The second-order valence-corrected chi connectivity index (χ2v) is 9.59. The van der Waals surface area contributed by atoms with E-state index in [2.05, 4.69) is 20.5 Å². The van der Waals surface area contributed by atoms with Gasteiger partial charge in [0.2, 0.25) is 11.8 Å². The summed E-state index contributed by atoms with van der Waals surface area (Å²) in [5, 5.41) is 7.07. The first-order valence-corrected chi connectivity index (χ1v) is 11.9. The summed E-state index contributed by atoms with van der Waals surface area (Å²) in [7, 11) is 0. The number of likely N-dealkylation sites (tertiary alicyclic amines) is 1. The number of thiazole rings is 1. The van der Waals surface area contributed by atoms with Crippen LogP contribution in [0.3, 0.4) is 0 Å². The third-order valence-electron chi connectivity index (χ3n) is 5.47. The molecule has 0 spiro atoms. The number of halogens is 2. The van der Waals surface area contributed by atoms with Crippen LogP contribution < -0.4 is 16.4 Å². The molecule has 0 aliphatic carbocycles. The van der Waals surface area contributed by atoms with Gasteiger partial charge in [-0.05, 0) is 50.6 Å². The summed E-state index contributed by atoms with van der Waals surface area (Å²) < 4.78 is 0. The first-order chi connectivity index (χ1) is 14.8. The number of benzene rings is 1. The number of amides is 2. The summed E-state index contributed by atoms with van der Waals surface area (Å²) in [6.07, 6.45) is 5.05. The molecule has 4 N–H and O–H groups in total. The number of hydrogen-bond donors (Lipinski definition) is 3. The number of nitrogens with one attached hydrogen (secondary N) is 2. The van der Waals surface area contributed by atoms with Gasteiger partial charge in [-0.2, -0.15) is 0 Å². The normalized spacial score (nSPS) is 16.5. The molecule has 3 rings (SSSR count). The van der Waals surface area contributed by atoms with Crippen molar-refractivity contribution >= 4 is 51.5 Å². The van der Waals surface area contributed by atoms with Gasteiger partial charge < -0.3 is 16.4 Å². The molecular formula is C21H27Cl2N5O2S. The van der Waals surface area contributed by atoms with Crippen molar-refractivity contribution in [1.82, 2.24) is 20.5 Å². The maximum absolute atomic E-state index is 13.0. The van der Waals surface area contributed by atoms with E-state index in [0.29, 0.717) is 27.3 Å². The Kier molecular flexibility index (Phi) is 8.54. The van der Waals surface area contributed by atoms with Crippen molar-refractivity contribution in [1.29, 1.82) is 0 Å². The molecule has 0 radical (unpaired) electrons. The quantitative estimate of drug-likeness (QED) is 0.533. The minimum Gasteiger partial charge on any atom is -0.375 e. The van der Waals surface area contributed by atoms with Crippen LogP contribution in [0.2, 0.25) is 10.0 Å². The van der Waals surface area contributed by atoms with Crippen molar-refractivity contribution in [3.63, 3.8) is 0 Å². The third-order valence-corrected chi connectivity index (χ3v) is 7.03. The van der Waals surface area contributed by atoms with Crippen molar-refractivity contribution in [3.8, 4) is 0 Å². The molecule has 2 atom stereocenters. The van der Waals surface area contributed by atoms with E-state index in [-0.39, 0.29) is 24.4 Å². The molecule has 0 saturated carbocycles. The van der Waals surface area contributed by atoms with Gasteiger partial charge in [-0.15, -0.1) is 11.3 Å². The number of aromatic nitrogens is 1. The monoisotopic (exact) mass is 483 g/mol. The Morgan fingerprint density at radius 3 is 2.55 bits per heavy atom. The molecule has 2 amide bonds. The number of anilines is 1. The fourth-order valence-electron chi connectivity index (χ4n) is 3.61. The lowest BCUT2D eigenvalue weighted by Gasteiger charge is -2.31. The SMILES string of the molecule is C[C@@H](C(=O)NC[C@H](C(=O)NCc1cnc(N)s1)c1ccc(Cl)c(Cl)c1)N1CCCCC1. The van der Waals surface area contributed by atoms with Crippen LogP contribution in [0.5, 0.6) is 0 Å². The van der Waals surface area contributed by atoms with Gasteiger partial charge in [0.1, 0.15) is 0 Å². The zero-order valence-corrected chi connectivity index (χ0v) is 19.7. The molecule has 1 fully saturated rings. The molecule has 0 unspecified atom stereocenters. The molecule has 1 aliphatic rings. The summed E-state index contributed by atoms with van der Waals surface area (Å²) in [5.74, 6) is -0.927. The molecule has 2 aromatic rings. The first-order valence-electron chi connectivity index (χ1n) is 10.3. The number of nitrogens with zero attached hydrogens (tertiary/aromatic N) is 2. The molecular weight excluding hydrogens is 457 g/mol. The van der Waals surface area contributed by atoms with Gasteiger partial charge in [0, 0.05) is 17.6 Å². The number of nitrogens with two attached hydrogens (primary N) is 1. The van der Waals surface area contributed by atoms with Crippen molar-refractivity contribution in [2.45, 2.75) is 44.7 Å². The predicted octanol–water partition coefficient (Wildman–Crippen LogP) is 3.42. The van der Waals surface area contributed by atoms with Crippen LogP contribution in [0.15, 0.2) is 24.4 Å². The molecule has 7 nitrogen and oxygen atoms in total. The van der Waals surface area contributed by atoms with Crippen LogP contribution in [0.1, 0.15) is 42.5 Å². The van der Waals surface area contributed by atoms with Gasteiger partial charge >= 0.3 is 0 Å². The fraction of sp³-hybridized carbons (Fsp3) is 0.476. The van der Waals surface area contributed by atoms with E-state index in [1.807, 2.05) is 6.92 Å². The largest absolute Gasteiger partial charge is 0.375 e. The second kappa shape index (κ2) is 11.1. The average Bonchev–Trinajstić information content (AvgIpc) is 3.19. The molecule has 1 aromatic carbocycles. The summed E-state index contributed by atoms with van der Waals surface area (Å²) in [4.78, 5) is 32.8. The Hall–Kier alpha value is -1.87. The molecule has 2 heterocycles. The first kappa shape index (κ1) is 23.8. The minimum atomic E-state index is -0.613. The minimum absolute atomic E-state index is 0.0880. The molecule has 31 heavy (non-hydrogen) atoms. The van der Waals surface area contributed by atoms with Crippen LogP contribution in [0.25, 0.3) is 0 Å². The molecule has 0 bridgehead atoms. The Bertz CT molecular complexity index is 917. The summed E-state index contributed by atoms with van der Waals surface area (Å²) in [6.45, 7) is 4.21. The molecule has 168 valence electrons. The number of carbonyl (C=O) groups is 2. The smallest absolute Gasteiger partial charge is 0.237 e. The zero-order chi connectivity index (χ0) is 22.4. The Balaban J connectivity index is 1.67. The van der Waals surface area contributed by atoms with Gasteiger partial charge in [-0.25, -0.2) is 4.98 Å². The van der Waals surface area contributed by atoms with Gasteiger partial charge in [0.25, 0.3) is 0 Å². The third kappa shape index (κ3) is 6.55. The van der Waals surface area contributed by atoms with E-state index in [4.69, 9.17) is 28.9 Å². The highest BCUT2D eigenvalue weighted by atomic mass is 35.5. The lowest BCUT2D eigenvalue weighted by Crippen LogP contribution is -2.48. The standard InChI is InChI=1S/C21H27Cl2N5O2S/c1-13(28-7-3-2-4-8-28)19(29)26-12-16(14-5-6-17(22)18(23)9-14)20(30)25-10-15-11-27-21(24)31-15/h5-6,9,11,13,16H,2-4,7-8,10,12H2,1H3,(H2,24,27)(H,25,30)(H,26,29)/t13-,16-/m0/s1. The lowest BCUT2D eigenvalue weighted by atomic mass is 9.97. The van der Waals surface area contributed by atoms with Crippen molar-refractivity contribution in [2.24, 2.45) is 0 Å². The van der Waals surface area contributed by atoms with Gasteiger partial charge in [0.05, 0.1) is 28.5 Å². The van der Waals surface area contributed by atoms with Crippen LogP contribution in [0.4, 0.5) is 5.13 Å². The summed E-state index contributed by atoms with van der Waals surface area (Å²) >= 11 is 13.5. The predicted molar refractivity (Wildman–Crippen MR) is 125 cm³/mol. The highest BCUT2D eigenvalue weighted by Gasteiger charge is 2.26. The Morgan fingerprint density at radius 2 is 1.90 bits per heavy atom. The summed E-state index contributed by atoms with van der Waals surface area (Å²) in [6, 6.07) is 4.84. The van der Waals surface area contributed by atoms with Crippen LogP contribution in [0, 0.1) is 0 Å². The number of piperidine rings is 1. The number of nitrogen functional groups attached to an aromatic ring is 1.